The zero-order valence-electron chi connectivity index (χ0n) is 7.14. The summed E-state index contributed by atoms with van der Waals surface area (Å²) in [4.78, 5) is 8.64. The molecule has 0 spiro atoms. The Morgan fingerprint density at radius 1 is 1.43 bits per heavy atom. The Balaban J connectivity index is 2.29. The van der Waals surface area contributed by atoms with Gasteiger partial charge in [0.25, 0.3) is 0 Å². The average molecular weight is 315 g/mol. The zero-order valence-corrected chi connectivity index (χ0v) is 10.1. The van der Waals surface area contributed by atoms with Gasteiger partial charge in [-0.2, -0.15) is 0 Å². The normalized spacial score (nSPS) is 13.5. The van der Waals surface area contributed by atoms with Gasteiger partial charge in [-0.05, 0) is 34.7 Å². The van der Waals surface area contributed by atoms with E-state index in [0.29, 0.717) is 0 Å². The number of hydrogen-bond donors (Lipinski definition) is 0. The van der Waals surface area contributed by atoms with Crippen LogP contribution in [0.5, 0.6) is 0 Å². The minimum atomic E-state index is 0.961. The Morgan fingerprint density at radius 3 is 3.29 bits per heavy atom. The van der Waals surface area contributed by atoms with E-state index in [1.54, 1.807) is 11.8 Å². The Morgan fingerprint density at radius 2 is 2.36 bits per heavy atom. The van der Waals surface area contributed by atoms with E-state index in [4.69, 9.17) is 0 Å². The predicted molar refractivity (Wildman–Crippen MR) is 63.6 cm³/mol. The standard InChI is InChI=1S/C9H6IN3S/c10-8-7-4-14-9-6(2-1-3-11-9)13(7)5-12-8/h1-3,5H,4H2. The Labute approximate surface area is 99.1 Å². The van der Waals surface area contributed by atoms with Crippen LogP contribution in [0.15, 0.2) is 29.7 Å². The van der Waals surface area contributed by atoms with Gasteiger partial charge in [0, 0.05) is 11.9 Å². The van der Waals surface area contributed by atoms with Crippen molar-refractivity contribution in [3.63, 3.8) is 0 Å². The van der Waals surface area contributed by atoms with Crippen molar-refractivity contribution >= 4 is 34.4 Å². The smallest absolute Gasteiger partial charge is 0.123 e. The lowest BCUT2D eigenvalue weighted by atomic mass is 10.4. The second kappa shape index (κ2) is 3.23. The maximum absolute atomic E-state index is 4.34. The topological polar surface area (TPSA) is 30.7 Å². The highest BCUT2D eigenvalue weighted by molar-refractivity contribution is 14.1. The molecule has 3 nitrogen and oxygen atoms in total. The molecule has 3 heterocycles. The van der Waals surface area contributed by atoms with Crippen LogP contribution in [0, 0.1) is 3.70 Å². The maximum atomic E-state index is 4.34. The highest BCUT2D eigenvalue weighted by atomic mass is 127. The van der Waals surface area contributed by atoms with Gasteiger partial charge in [-0.3, -0.25) is 4.57 Å². The molecular weight excluding hydrogens is 309 g/mol. The first-order chi connectivity index (χ1) is 6.86. The summed E-state index contributed by atoms with van der Waals surface area (Å²) in [6, 6.07) is 4.04. The molecule has 0 radical (unpaired) electrons. The number of hydrogen-bond acceptors (Lipinski definition) is 3. The van der Waals surface area contributed by atoms with Gasteiger partial charge in [0.2, 0.25) is 0 Å². The Kier molecular flexibility index (Phi) is 2.01. The van der Waals surface area contributed by atoms with Gasteiger partial charge in [0.05, 0.1) is 11.4 Å². The summed E-state index contributed by atoms with van der Waals surface area (Å²) in [5.41, 5.74) is 2.42. The van der Waals surface area contributed by atoms with Crippen molar-refractivity contribution < 1.29 is 0 Å². The van der Waals surface area contributed by atoms with Gasteiger partial charge >= 0.3 is 0 Å². The van der Waals surface area contributed by atoms with E-state index >= 15 is 0 Å². The van der Waals surface area contributed by atoms with Crippen LogP contribution in [0.4, 0.5) is 0 Å². The monoisotopic (exact) mass is 315 g/mol. The van der Waals surface area contributed by atoms with Gasteiger partial charge in [-0.1, -0.05) is 11.8 Å². The molecule has 5 heteroatoms. The molecule has 14 heavy (non-hydrogen) atoms. The van der Waals surface area contributed by atoms with E-state index in [9.17, 15) is 0 Å². The number of nitrogens with zero attached hydrogens (tertiary/aromatic N) is 3. The van der Waals surface area contributed by atoms with Crippen LogP contribution < -0.4 is 0 Å². The minimum Gasteiger partial charge on any atom is -0.299 e. The number of imidazole rings is 1. The van der Waals surface area contributed by atoms with Crippen molar-refractivity contribution in [3.8, 4) is 5.69 Å². The number of rotatable bonds is 0. The lowest BCUT2D eigenvalue weighted by molar-refractivity contribution is 0.909. The van der Waals surface area contributed by atoms with Gasteiger partial charge in [-0.15, -0.1) is 0 Å². The second-order valence-electron chi connectivity index (χ2n) is 2.97. The molecule has 0 saturated carbocycles. The molecule has 0 aliphatic carbocycles. The van der Waals surface area contributed by atoms with Crippen LogP contribution in [0.1, 0.15) is 5.69 Å². The molecule has 0 bridgehead atoms. The molecule has 1 aliphatic rings. The number of halogens is 1. The first-order valence-corrected chi connectivity index (χ1v) is 6.22. The first-order valence-electron chi connectivity index (χ1n) is 4.16. The van der Waals surface area contributed by atoms with Crippen LogP contribution in [-0.4, -0.2) is 14.5 Å². The molecule has 1 aliphatic heterocycles. The molecule has 0 fully saturated rings. The number of pyridine rings is 1. The molecule has 0 atom stereocenters. The fourth-order valence-corrected chi connectivity index (χ4v) is 3.34. The summed E-state index contributed by atoms with van der Waals surface area (Å²) in [6.07, 6.45) is 3.70. The largest absolute Gasteiger partial charge is 0.299 e. The molecule has 2 aromatic rings. The fourth-order valence-electron chi connectivity index (χ4n) is 1.50. The quantitative estimate of drug-likeness (QED) is 0.700. The van der Waals surface area contributed by atoms with E-state index in [0.717, 1.165) is 20.2 Å². The number of thioether (sulfide) groups is 1. The molecular formula is C9H6IN3S. The van der Waals surface area contributed by atoms with E-state index in [1.165, 1.54) is 5.69 Å². The van der Waals surface area contributed by atoms with Crippen LogP contribution in [0.3, 0.4) is 0 Å². The molecule has 0 aromatic carbocycles. The van der Waals surface area contributed by atoms with E-state index in [1.807, 2.05) is 18.6 Å². The van der Waals surface area contributed by atoms with Gasteiger partial charge < -0.3 is 0 Å². The summed E-state index contributed by atoms with van der Waals surface area (Å²) >= 11 is 4.05. The summed E-state index contributed by atoms with van der Waals surface area (Å²) in [5.74, 6) is 0.961. The van der Waals surface area contributed by atoms with Crippen LogP contribution in [0.25, 0.3) is 5.69 Å². The first kappa shape index (κ1) is 8.72. The maximum Gasteiger partial charge on any atom is 0.123 e. The molecule has 70 valence electrons. The lowest BCUT2D eigenvalue weighted by Gasteiger charge is -2.16. The van der Waals surface area contributed by atoms with Crippen molar-refractivity contribution in [2.45, 2.75) is 10.8 Å². The highest BCUT2D eigenvalue weighted by Crippen LogP contribution is 2.34. The third-order valence-electron chi connectivity index (χ3n) is 2.17. The summed E-state index contributed by atoms with van der Waals surface area (Å²) < 4.78 is 3.21. The molecule has 0 amide bonds. The molecule has 0 unspecified atom stereocenters. The molecule has 3 rings (SSSR count). The van der Waals surface area contributed by atoms with Crippen LogP contribution >= 0.6 is 34.4 Å². The summed E-state index contributed by atoms with van der Waals surface area (Å²) in [6.45, 7) is 0. The van der Waals surface area contributed by atoms with Crippen molar-refractivity contribution in [2.75, 3.05) is 0 Å². The fraction of sp³-hybridized carbons (Fsp3) is 0.111. The zero-order chi connectivity index (χ0) is 9.54. The summed E-state index contributed by atoms with van der Waals surface area (Å²) in [5, 5.41) is 1.09. The Hall–Kier alpha value is -0.560. The predicted octanol–water partition coefficient (Wildman–Crippen LogP) is 2.48. The average Bonchev–Trinajstić information content (AvgIpc) is 2.61. The molecule has 0 N–H and O–H groups in total. The van der Waals surface area contributed by atoms with Gasteiger partial charge in [0.1, 0.15) is 15.1 Å². The van der Waals surface area contributed by atoms with Crippen molar-refractivity contribution in [1.29, 1.82) is 0 Å². The van der Waals surface area contributed by atoms with Crippen molar-refractivity contribution in [1.82, 2.24) is 14.5 Å². The van der Waals surface area contributed by atoms with Crippen molar-refractivity contribution in [2.24, 2.45) is 0 Å². The van der Waals surface area contributed by atoms with Crippen LogP contribution in [-0.2, 0) is 5.75 Å². The second-order valence-corrected chi connectivity index (χ2v) is 4.95. The SMILES string of the molecule is Ic1ncn2c1CSc1ncccc1-2. The van der Waals surface area contributed by atoms with E-state index in [-0.39, 0.29) is 0 Å². The lowest BCUT2D eigenvalue weighted by Crippen LogP contribution is -2.06. The summed E-state index contributed by atoms with van der Waals surface area (Å²) in [7, 11) is 0. The highest BCUT2D eigenvalue weighted by Gasteiger charge is 2.19. The third-order valence-corrected chi connectivity index (χ3v) is 4.08. The molecule has 2 aromatic heterocycles. The third kappa shape index (κ3) is 1.18. The number of fused-ring (bicyclic) bond motifs is 3. The van der Waals surface area contributed by atoms with Gasteiger partial charge in [0.15, 0.2) is 0 Å². The van der Waals surface area contributed by atoms with Gasteiger partial charge in [-0.25, -0.2) is 9.97 Å². The van der Waals surface area contributed by atoms with Crippen molar-refractivity contribution in [3.05, 3.63) is 34.1 Å². The Bertz CT molecular complexity index is 495. The van der Waals surface area contributed by atoms with E-state index in [2.05, 4.69) is 43.2 Å². The molecule has 0 saturated heterocycles. The number of aromatic nitrogens is 3. The minimum absolute atomic E-state index is 0.961. The van der Waals surface area contributed by atoms with E-state index < -0.39 is 0 Å². The van der Waals surface area contributed by atoms with Crippen LogP contribution in [0.2, 0.25) is 0 Å².